The summed E-state index contributed by atoms with van der Waals surface area (Å²) in [6.45, 7) is 3.32. The molecule has 0 aromatic carbocycles. The third-order valence-electron chi connectivity index (χ3n) is 0.955. The van der Waals surface area contributed by atoms with Gasteiger partial charge in [-0.25, -0.2) is 0 Å². The Morgan fingerprint density at radius 3 is 2.67 bits per heavy atom. The van der Waals surface area contributed by atoms with E-state index in [9.17, 15) is 9.59 Å². The molecule has 4 nitrogen and oxygen atoms in total. The summed E-state index contributed by atoms with van der Waals surface area (Å²) in [6.07, 6.45) is 0.760. The number of carbonyl (C=O) groups is 2. The second kappa shape index (κ2) is 5.60. The first-order valence-corrected chi connectivity index (χ1v) is 3.64. The van der Waals surface area contributed by atoms with E-state index in [1.165, 1.54) is 6.08 Å². The monoisotopic (exact) mass is 192 g/mol. The first kappa shape index (κ1) is 11.0. The van der Waals surface area contributed by atoms with Crippen LogP contribution in [-0.2, 0) is 14.3 Å². The Morgan fingerprint density at radius 2 is 2.25 bits per heavy atom. The predicted octanol–water partition coefficient (Wildman–Crippen LogP) is 0.798. The van der Waals surface area contributed by atoms with Crippen LogP contribution in [0.25, 0.3) is 0 Å². The number of esters is 1. The van der Waals surface area contributed by atoms with Crippen LogP contribution in [0.1, 0.15) is 6.42 Å². The van der Waals surface area contributed by atoms with Crippen LogP contribution in [0.5, 0.6) is 0 Å². The lowest BCUT2D eigenvalue weighted by Crippen LogP contribution is -2.15. The Bertz CT molecular complexity index is 190. The fourth-order valence-electron chi connectivity index (χ4n) is 0.415. The molecule has 0 amide bonds. The molecule has 0 aliphatic rings. The van der Waals surface area contributed by atoms with Gasteiger partial charge in [0.15, 0.2) is 0 Å². The van der Waals surface area contributed by atoms with Crippen molar-refractivity contribution in [1.82, 2.24) is 0 Å². The Balaban J connectivity index is 3.57. The lowest BCUT2D eigenvalue weighted by molar-refractivity contribution is -0.151. The van der Waals surface area contributed by atoms with Crippen molar-refractivity contribution < 1.29 is 19.4 Å². The summed E-state index contributed by atoms with van der Waals surface area (Å²) in [5.41, 5.74) is 0. The van der Waals surface area contributed by atoms with Crippen molar-refractivity contribution in [3.63, 3.8) is 0 Å². The number of carboxylic acids is 1. The van der Waals surface area contributed by atoms with E-state index in [0.717, 1.165) is 0 Å². The van der Waals surface area contributed by atoms with Gasteiger partial charge in [-0.05, 0) is 0 Å². The van der Waals surface area contributed by atoms with Gasteiger partial charge in [0.25, 0.3) is 0 Å². The summed E-state index contributed by atoms with van der Waals surface area (Å²) >= 11 is 5.50. The van der Waals surface area contributed by atoms with Crippen molar-refractivity contribution in [2.24, 2.45) is 0 Å². The van der Waals surface area contributed by atoms with Crippen LogP contribution in [-0.4, -0.2) is 29.0 Å². The molecule has 0 rings (SSSR count). The van der Waals surface area contributed by atoms with E-state index in [1.54, 1.807) is 0 Å². The van der Waals surface area contributed by atoms with E-state index >= 15 is 0 Å². The molecular formula is C7H9ClO4. The summed E-state index contributed by atoms with van der Waals surface area (Å²) in [5.74, 6) is -2.01. The highest BCUT2D eigenvalue weighted by Crippen LogP contribution is 1.98. The van der Waals surface area contributed by atoms with Gasteiger partial charge in [-0.1, -0.05) is 6.08 Å². The van der Waals surface area contributed by atoms with Crippen molar-refractivity contribution in [2.75, 3.05) is 6.61 Å². The number of aliphatic carboxylic acids is 1. The number of hydrogen-bond acceptors (Lipinski definition) is 3. The van der Waals surface area contributed by atoms with Gasteiger partial charge in [-0.15, -0.1) is 18.2 Å². The Labute approximate surface area is 74.8 Å². The van der Waals surface area contributed by atoms with E-state index in [2.05, 4.69) is 11.3 Å². The lowest BCUT2D eigenvalue weighted by Gasteiger charge is -2.04. The fourth-order valence-corrected chi connectivity index (χ4v) is 0.478. The molecule has 0 heterocycles. The third kappa shape index (κ3) is 5.73. The maximum Gasteiger partial charge on any atom is 0.317 e. The molecule has 0 saturated carbocycles. The quantitative estimate of drug-likeness (QED) is 0.303. The highest BCUT2D eigenvalue weighted by atomic mass is 35.5. The predicted molar refractivity (Wildman–Crippen MR) is 43.0 cm³/mol. The normalized spacial score (nSPS) is 11.8. The van der Waals surface area contributed by atoms with Gasteiger partial charge in [0.05, 0.1) is 5.38 Å². The van der Waals surface area contributed by atoms with Crippen molar-refractivity contribution in [3.05, 3.63) is 12.7 Å². The molecule has 12 heavy (non-hydrogen) atoms. The SMILES string of the molecule is C=CC(Cl)COC(=O)CC(=O)O. The van der Waals surface area contributed by atoms with Crippen LogP contribution in [0.3, 0.4) is 0 Å². The van der Waals surface area contributed by atoms with Crippen LogP contribution < -0.4 is 0 Å². The molecular weight excluding hydrogens is 184 g/mol. The zero-order chi connectivity index (χ0) is 9.56. The van der Waals surface area contributed by atoms with Crippen LogP contribution >= 0.6 is 11.6 Å². The van der Waals surface area contributed by atoms with Gasteiger partial charge < -0.3 is 9.84 Å². The zero-order valence-electron chi connectivity index (χ0n) is 6.33. The molecule has 0 saturated heterocycles. The molecule has 0 bridgehead atoms. The molecule has 1 unspecified atom stereocenters. The first-order chi connectivity index (χ1) is 5.56. The standard InChI is InChI=1S/C7H9ClO4/c1-2-5(8)4-12-7(11)3-6(9)10/h2,5H,1,3-4H2,(H,9,10). The summed E-state index contributed by atoms with van der Waals surface area (Å²) in [6, 6.07) is 0. The van der Waals surface area contributed by atoms with Crippen molar-refractivity contribution >= 4 is 23.5 Å². The molecule has 0 spiro atoms. The average molecular weight is 193 g/mol. The highest BCUT2D eigenvalue weighted by molar-refractivity contribution is 6.21. The van der Waals surface area contributed by atoms with Gasteiger partial charge in [0.1, 0.15) is 13.0 Å². The molecule has 0 aromatic rings. The largest absolute Gasteiger partial charge is 0.481 e. The molecule has 0 radical (unpaired) electrons. The number of carbonyl (C=O) groups excluding carboxylic acids is 1. The van der Waals surface area contributed by atoms with Gasteiger partial charge in [-0.2, -0.15) is 0 Å². The molecule has 1 N–H and O–H groups in total. The lowest BCUT2D eigenvalue weighted by atomic mass is 10.4. The minimum absolute atomic E-state index is 0.0445. The van der Waals surface area contributed by atoms with Crippen LogP contribution in [0.4, 0.5) is 0 Å². The topological polar surface area (TPSA) is 63.6 Å². The molecule has 68 valence electrons. The number of hydrogen-bond donors (Lipinski definition) is 1. The second-order valence-electron chi connectivity index (χ2n) is 2.01. The fraction of sp³-hybridized carbons (Fsp3) is 0.429. The summed E-state index contributed by atoms with van der Waals surface area (Å²) in [4.78, 5) is 20.5. The smallest absolute Gasteiger partial charge is 0.317 e. The maximum absolute atomic E-state index is 10.6. The Hall–Kier alpha value is -1.03. The summed E-state index contributed by atoms with van der Waals surface area (Å²) in [5, 5.41) is 7.68. The van der Waals surface area contributed by atoms with E-state index in [1.807, 2.05) is 0 Å². The third-order valence-corrected chi connectivity index (χ3v) is 1.26. The molecule has 0 aliphatic heterocycles. The number of alkyl halides is 1. The number of rotatable bonds is 5. The second-order valence-corrected chi connectivity index (χ2v) is 2.57. The van der Waals surface area contributed by atoms with Crippen molar-refractivity contribution in [3.8, 4) is 0 Å². The van der Waals surface area contributed by atoms with Crippen molar-refractivity contribution in [1.29, 1.82) is 0 Å². The number of carboxylic acid groups (broad SMARTS) is 1. The number of ether oxygens (including phenoxy) is 1. The molecule has 0 fully saturated rings. The van der Waals surface area contributed by atoms with E-state index < -0.39 is 23.7 Å². The Kier molecular flexibility index (Phi) is 5.12. The van der Waals surface area contributed by atoms with Crippen molar-refractivity contribution in [2.45, 2.75) is 11.8 Å². The average Bonchev–Trinajstić information content (AvgIpc) is 1.99. The minimum atomic E-state index is -1.22. The maximum atomic E-state index is 10.6. The van der Waals surface area contributed by atoms with Gasteiger partial charge in [-0.3, -0.25) is 9.59 Å². The van der Waals surface area contributed by atoms with E-state index in [4.69, 9.17) is 16.7 Å². The summed E-state index contributed by atoms with van der Waals surface area (Å²) < 4.78 is 4.48. The van der Waals surface area contributed by atoms with Crippen LogP contribution in [0.2, 0.25) is 0 Å². The van der Waals surface area contributed by atoms with E-state index in [0.29, 0.717) is 0 Å². The van der Waals surface area contributed by atoms with Crippen LogP contribution in [0, 0.1) is 0 Å². The first-order valence-electron chi connectivity index (χ1n) is 3.20. The molecule has 0 aliphatic carbocycles. The van der Waals surface area contributed by atoms with Gasteiger partial charge in [0.2, 0.25) is 0 Å². The van der Waals surface area contributed by atoms with Gasteiger partial charge in [0, 0.05) is 0 Å². The van der Waals surface area contributed by atoms with E-state index in [-0.39, 0.29) is 6.61 Å². The highest BCUT2D eigenvalue weighted by Gasteiger charge is 2.09. The molecule has 5 heteroatoms. The van der Waals surface area contributed by atoms with Crippen LogP contribution in [0.15, 0.2) is 12.7 Å². The molecule has 0 aromatic heterocycles. The Morgan fingerprint density at radius 1 is 1.67 bits per heavy atom. The summed E-state index contributed by atoms with van der Waals surface area (Å²) in [7, 11) is 0. The molecule has 1 atom stereocenters. The number of halogens is 1. The zero-order valence-corrected chi connectivity index (χ0v) is 7.08. The minimum Gasteiger partial charge on any atom is -0.481 e. The van der Waals surface area contributed by atoms with Gasteiger partial charge >= 0.3 is 11.9 Å².